The Hall–Kier alpha value is -2.28. The summed E-state index contributed by atoms with van der Waals surface area (Å²) < 4.78 is 16.3. The van der Waals surface area contributed by atoms with Gasteiger partial charge in [-0.15, -0.1) is 0 Å². The Morgan fingerprint density at radius 1 is 1.19 bits per heavy atom. The molecule has 0 unspecified atom stereocenters. The number of thiocarbonyl (C=S) groups is 1. The van der Waals surface area contributed by atoms with Gasteiger partial charge in [-0.2, -0.15) is 0 Å². The molecule has 27 heavy (non-hydrogen) atoms. The second-order valence-electron chi connectivity index (χ2n) is 6.37. The molecule has 0 aromatic heterocycles. The summed E-state index contributed by atoms with van der Waals surface area (Å²) in [5.41, 5.74) is 1.93. The van der Waals surface area contributed by atoms with Gasteiger partial charge in [0.2, 0.25) is 0 Å². The first-order valence-corrected chi connectivity index (χ1v) is 9.60. The molecule has 1 atom stereocenters. The highest BCUT2D eigenvalue weighted by Gasteiger charge is 2.33. The lowest BCUT2D eigenvalue weighted by atomic mass is 9.94. The van der Waals surface area contributed by atoms with Gasteiger partial charge in [0.1, 0.15) is 11.5 Å². The Morgan fingerprint density at radius 2 is 1.96 bits per heavy atom. The number of benzene rings is 1. The van der Waals surface area contributed by atoms with E-state index in [1.165, 1.54) is 0 Å². The topological polar surface area (TPSA) is 68.8 Å². The van der Waals surface area contributed by atoms with Crippen LogP contribution in [0.15, 0.2) is 29.5 Å². The van der Waals surface area contributed by atoms with E-state index in [9.17, 15) is 4.79 Å². The molecule has 0 saturated heterocycles. The third-order valence-electron chi connectivity index (χ3n) is 4.47. The third-order valence-corrected chi connectivity index (χ3v) is 4.69. The van der Waals surface area contributed by atoms with E-state index in [0.29, 0.717) is 34.5 Å². The summed E-state index contributed by atoms with van der Waals surface area (Å²) in [6, 6.07) is 4.98. The zero-order valence-corrected chi connectivity index (χ0v) is 17.2. The van der Waals surface area contributed by atoms with Crippen molar-refractivity contribution in [3.63, 3.8) is 0 Å². The minimum absolute atomic E-state index is 0.360. The summed E-state index contributed by atoms with van der Waals surface area (Å²) in [6.07, 6.45) is 4.19. The molecule has 0 bridgehead atoms. The molecular formula is C20H28N2O4S. The van der Waals surface area contributed by atoms with Crippen molar-refractivity contribution in [3.8, 4) is 11.5 Å². The summed E-state index contributed by atoms with van der Waals surface area (Å²) in [6.45, 7) is 4.37. The summed E-state index contributed by atoms with van der Waals surface area (Å²) in [5.74, 6) is 0.947. The van der Waals surface area contributed by atoms with Gasteiger partial charge in [-0.05, 0) is 43.8 Å². The smallest absolute Gasteiger partial charge is 0.338 e. The second-order valence-corrected chi connectivity index (χ2v) is 6.78. The predicted molar refractivity (Wildman–Crippen MR) is 109 cm³/mol. The zero-order chi connectivity index (χ0) is 19.8. The van der Waals surface area contributed by atoms with Gasteiger partial charge >= 0.3 is 5.97 Å². The first kappa shape index (κ1) is 21.0. The first-order valence-electron chi connectivity index (χ1n) is 9.19. The van der Waals surface area contributed by atoms with Gasteiger partial charge in [-0.25, -0.2) is 4.79 Å². The fraction of sp³-hybridized carbons (Fsp3) is 0.500. The van der Waals surface area contributed by atoms with Gasteiger partial charge in [0.05, 0.1) is 32.4 Å². The molecule has 148 valence electrons. The first-order chi connectivity index (χ1) is 13.0. The molecule has 0 fully saturated rings. The van der Waals surface area contributed by atoms with E-state index in [2.05, 4.69) is 17.6 Å². The van der Waals surface area contributed by atoms with E-state index in [4.69, 9.17) is 26.4 Å². The molecule has 1 aromatic rings. The highest BCUT2D eigenvalue weighted by molar-refractivity contribution is 7.80. The zero-order valence-electron chi connectivity index (χ0n) is 16.4. The van der Waals surface area contributed by atoms with Crippen molar-refractivity contribution in [2.45, 2.75) is 45.6 Å². The van der Waals surface area contributed by atoms with Crippen LogP contribution in [0.25, 0.3) is 0 Å². The van der Waals surface area contributed by atoms with Crippen LogP contribution in [0.5, 0.6) is 11.5 Å². The van der Waals surface area contributed by atoms with Crippen LogP contribution in [0.2, 0.25) is 0 Å². The molecule has 0 radical (unpaired) electrons. The Labute approximate surface area is 166 Å². The third kappa shape index (κ3) is 5.35. The van der Waals surface area contributed by atoms with Crippen molar-refractivity contribution in [2.75, 3.05) is 20.8 Å². The molecule has 0 spiro atoms. The number of hydrogen-bond donors (Lipinski definition) is 2. The number of rotatable bonds is 9. The standard InChI is InChI=1S/C20H28N2O4S/c1-5-6-7-8-11-26-19(23)17-13(2)21-20(27)22-18(17)15-12-14(24-3)9-10-16(15)25-4/h9-10,12,18H,5-8,11H2,1-4H3,(H2,21,22,27)/t18-/m0/s1. The van der Waals surface area contributed by atoms with E-state index in [1.807, 2.05) is 25.1 Å². The Balaban J connectivity index is 2.29. The van der Waals surface area contributed by atoms with Crippen molar-refractivity contribution in [3.05, 3.63) is 35.0 Å². The van der Waals surface area contributed by atoms with Gasteiger partial charge in [0.15, 0.2) is 5.11 Å². The number of unbranched alkanes of at least 4 members (excludes halogenated alkanes) is 3. The molecule has 0 aliphatic carbocycles. The highest BCUT2D eigenvalue weighted by Crippen LogP contribution is 2.35. The Bertz CT molecular complexity index is 718. The summed E-state index contributed by atoms with van der Waals surface area (Å²) in [5, 5.41) is 6.62. The van der Waals surface area contributed by atoms with Gasteiger partial charge in [-0.1, -0.05) is 26.2 Å². The fourth-order valence-electron chi connectivity index (χ4n) is 3.03. The number of ether oxygens (including phenoxy) is 3. The van der Waals surface area contributed by atoms with Crippen LogP contribution in [0, 0.1) is 0 Å². The second kappa shape index (κ2) is 10.2. The van der Waals surface area contributed by atoms with Gasteiger partial charge in [0.25, 0.3) is 0 Å². The maximum atomic E-state index is 12.8. The molecule has 0 amide bonds. The maximum Gasteiger partial charge on any atom is 0.338 e. The number of methoxy groups -OCH3 is 2. The molecule has 1 aliphatic heterocycles. The predicted octanol–water partition coefficient (Wildman–Crippen LogP) is 3.62. The molecule has 6 nitrogen and oxygen atoms in total. The fourth-order valence-corrected chi connectivity index (χ4v) is 3.31. The minimum atomic E-state index is -0.480. The van der Waals surface area contributed by atoms with Crippen LogP contribution in [-0.2, 0) is 9.53 Å². The highest BCUT2D eigenvalue weighted by atomic mass is 32.1. The van der Waals surface area contributed by atoms with Crippen LogP contribution < -0.4 is 20.1 Å². The summed E-state index contributed by atoms with van der Waals surface area (Å²) >= 11 is 5.29. The average Bonchev–Trinajstić information content (AvgIpc) is 2.66. The molecule has 7 heteroatoms. The monoisotopic (exact) mass is 392 g/mol. The molecule has 1 aliphatic rings. The number of carbonyl (C=O) groups is 1. The van der Waals surface area contributed by atoms with Crippen LogP contribution in [0.1, 0.15) is 51.1 Å². The van der Waals surface area contributed by atoms with E-state index in [0.717, 1.165) is 31.2 Å². The Kier molecular flexibility index (Phi) is 7.91. The van der Waals surface area contributed by atoms with Crippen LogP contribution in [0.3, 0.4) is 0 Å². The lowest BCUT2D eigenvalue weighted by Gasteiger charge is -2.30. The SMILES string of the molecule is CCCCCCOC(=O)C1=C(C)NC(=S)N[C@H]1c1cc(OC)ccc1OC. The normalized spacial score (nSPS) is 16.4. The maximum absolute atomic E-state index is 12.8. The summed E-state index contributed by atoms with van der Waals surface area (Å²) in [7, 11) is 3.19. The largest absolute Gasteiger partial charge is 0.497 e. The summed E-state index contributed by atoms with van der Waals surface area (Å²) in [4.78, 5) is 12.8. The van der Waals surface area contributed by atoms with Crippen molar-refractivity contribution in [1.82, 2.24) is 10.6 Å². The van der Waals surface area contributed by atoms with Crippen molar-refractivity contribution < 1.29 is 19.0 Å². The number of nitrogens with one attached hydrogen (secondary N) is 2. The van der Waals surface area contributed by atoms with Crippen molar-refractivity contribution >= 4 is 23.3 Å². The lowest BCUT2D eigenvalue weighted by molar-refractivity contribution is -0.139. The lowest BCUT2D eigenvalue weighted by Crippen LogP contribution is -2.45. The van der Waals surface area contributed by atoms with E-state index in [-0.39, 0.29) is 5.97 Å². The van der Waals surface area contributed by atoms with E-state index < -0.39 is 6.04 Å². The van der Waals surface area contributed by atoms with Gasteiger partial charge in [0, 0.05) is 11.3 Å². The number of carbonyl (C=O) groups excluding carboxylic acids is 1. The molecule has 0 saturated carbocycles. The van der Waals surface area contributed by atoms with Gasteiger partial charge < -0.3 is 24.8 Å². The molecule has 1 heterocycles. The van der Waals surface area contributed by atoms with E-state index in [1.54, 1.807) is 14.2 Å². The molecule has 2 rings (SSSR count). The van der Waals surface area contributed by atoms with Crippen LogP contribution in [0.4, 0.5) is 0 Å². The van der Waals surface area contributed by atoms with Crippen LogP contribution in [-0.4, -0.2) is 31.9 Å². The van der Waals surface area contributed by atoms with Crippen LogP contribution >= 0.6 is 12.2 Å². The van der Waals surface area contributed by atoms with Gasteiger partial charge in [-0.3, -0.25) is 0 Å². The quantitative estimate of drug-likeness (QED) is 0.378. The number of allylic oxidation sites excluding steroid dienone is 1. The van der Waals surface area contributed by atoms with E-state index >= 15 is 0 Å². The number of esters is 1. The molecule has 1 aromatic carbocycles. The average molecular weight is 393 g/mol. The molecule has 2 N–H and O–H groups in total. The van der Waals surface area contributed by atoms with Crippen molar-refractivity contribution in [1.29, 1.82) is 0 Å². The van der Waals surface area contributed by atoms with Crippen molar-refractivity contribution in [2.24, 2.45) is 0 Å². The minimum Gasteiger partial charge on any atom is -0.497 e. The number of hydrogen-bond acceptors (Lipinski definition) is 5. The molecular weight excluding hydrogens is 364 g/mol. The Morgan fingerprint density at radius 3 is 2.63 bits per heavy atom.